The second-order valence-electron chi connectivity index (χ2n) is 6.27. The highest BCUT2D eigenvalue weighted by Crippen LogP contribution is 2.23. The Balaban J connectivity index is 1.55. The fraction of sp³-hybridized carbons (Fsp3) is 0.562. The van der Waals surface area contributed by atoms with Gasteiger partial charge in [-0.05, 0) is 50.6 Å². The summed E-state index contributed by atoms with van der Waals surface area (Å²) in [6, 6.07) is 3.41. The van der Waals surface area contributed by atoms with Gasteiger partial charge in [-0.2, -0.15) is 0 Å². The molecule has 2 aromatic rings. The summed E-state index contributed by atoms with van der Waals surface area (Å²) in [6.07, 6.45) is 2.19. The van der Waals surface area contributed by atoms with Crippen LogP contribution in [0.1, 0.15) is 28.4 Å². The molecule has 3 rings (SSSR count). The number of nitrogens with one attached hydrogen (secondary N) is 1. The first-order chi connectivity index (χ1) is 11.4. The average molecular weight is 386 g/mol. The van der Waals surface area contributed by atoms with Crippen LogP contribution in [-0.2, 0) is 16.6 Å². The van der Waals surface area contributed by atoms with Crippen LogP contribution in [0.15, 0.2) is 21.7 Å². The molecule has 1 fully saturated rings. The quantitative estimate of drug-likeness (QED) is 0.830. The Bertz CT molecular complexity index is 769. The van der Waals surface area contributed by atoms with E-state index in [1.807, 2.05) is 6.92 Å². The molecule has 3 heterocycles. The van der Waals surface area contributed by atoms with E-state index in [0.717, 1.165) is 43.2 Å². The molecular formula is C16H23N3O2S3. The number of likely N-dealkylation sites (tertiary alicyclic amines) is 1. The van der Waals surface area contributed by atoms with Gasteiger partial charge in [-0.25, -0.2) is 18.1 Å². The monoisotopic (exact) mass is 385 g/mol. The lowest BCUT2D eigenvalue weighted by Crippen LogP contribution is -2.40. The summed E-state index contributed by atoms with van der Waals surface area (Å²) in [5.41, 5.74) is 1.12. The van der Waals surface area contributed by atoms with Crippen molar-refractivity contribution in [1.29, 1.82) is 0 Å². The second kappa shape index (κ2) is 7.61. The van der Waals surface area contributed by atoms with Crippen molar-refractivity contribution in [3.05, 3.63) is 33.1 Å². The van der Waals surface area contributed by atoms with Crippen molar-refractivity contribution in [2.75, 3.05) is 19.6 Å². The lowest BCUT2D eigenvalue weighted by molar-refractivity contribution is 0.170. The fourth-order valence-electron chi connectivity index (χ4n) is 3.10. The molecule has 0 aromatic carbocycles. The maximum Gasteiger partial charge on any atom is 0.250 e. The van der Waals surface area contributed by atoms with Crippen molar-refractivity contribution in [3.8, 4) is 0 Å². The summed E-state index contributed by atoms with van der Waals surface area (Å²) in [7, 11) is -3.35. The number of sulfonamides is 1. The van der Waals surface area contributed by atoms with Crippen LogP contribution in [0.4, 0.5) is 0 Å². The third-order valence-corrected chi connectivity index (χ3v) is 8.17. The molecular weight excluding hydrogens is 362 g/mol. The molecule has 1 saturated heterocycles. The molecule has 1 aliphatic rings. The van der Waals surface area contributed by atoms with Gasteiger partial charge < -0.3 is 0 Å². The number of rotatable bonds is 6. The smallest absolute Gasteiger partial charge is 0.250 e. The van der Waals surface area contributed by atoms with E-state index in [0.29, 0.717) is 16.7 Å². The molecule has 0 spiro atoms. The van der Waals surface area contributed by atoms with Crippen LogP contribution in [0, 0.1) is 19.8 Å². The van der Waals surface area contributed by atoms with E-state index in [2.05, 4.69) is 21.5 Å². The van der Waals surface area contributed by atoms with E-state index in [-0.39, 0.29) is 0 Å². The van der Waals surface area contributed by atoms with Crippen LogP contribution in [0.5, 0.6) is 0 Å². The topological polar surface area (TPSA) is 62.3 Å². The minimum absolute atomic E-state index is 0.364. The van der Waals surface area contributed by atoms with Gasteiger partial charge in [-0.3, -0.25) is 4.90 Å². The summed E-state index contributed by atoms with van der Waals surface area (Å²) < 4.78 is 27.6. The van der Waals surface area contributed by atoms with Gasteiger partial charge >= 0.3 is 0 Å². The van der Waals surface area contributed by atoms with Crippen molar-refractivity contribution in [2.24, 2.45) is 5.92 Å². The third kappa shape index (κ3) is 4.43. The van der Waals surface area contributed by atoms with E-state index in [9.17, 15) is 8.42 Å². The SMILES string of the molecule is Cc1nc(C)c(CN2CCC[C@H](CNS(=O)(=O)c3cccs3)C2)s1. The first kappa shape index (κ1) is 18.0. The highest BCUT2D eigenvalue weighted by Gasteiger charge is 2.23. The van der Waals surface area contributed by atoms with E-state index in [1.54, 1.807) is 28.8 Å². The predicted molar refractivity (Wildman–Crippen MR) is 99.1 cm³/mol. The van der Waals surface area contributed by atoms with Gasteiger partial charge in [0.1, 0.15) is 4.21 Å². The van der Waals surface area contributed by atoms with Gasteiger partial charge in [0.25, 0.3) is 0 Å². The van der Waals surface area contributed by atoms with Crippen molar-refractivity contribution in [3.63, 3.8) is 0 Å². The van der Waals surface area contributed by atoms with Gasteiger partial charge in [0, 0.05) is 24.5 Å². The predicted octanol–water partition coefficient (Wildman–Crippen LogP) is 3.01. The Morgan fingerprint density at radius 2 is 2.25 bits per heavy atom. The van der Waals surface area contributed by atoms with Gasteiger partial charge in [-0.15, -0.1) is 22.7 Å². The number of piperidine rings is 1. The molecule has 2 aromatic heterocycles. The Morgan fingerprint density at radius 3 is 2.92 bits per heavy atom. The zero-order chi connectivity index (χ0) is 17.2. The van der Waals surface area contributed by atoms with E-state index in [4.69, 9.17) is 0 Å². The molecule has 0 radical (unpaired) electrons. The highest BCUT2D eigenvalue weighted by atomic mass is 32.2. The maximum atomic E-state index is 12.2. The number of thiazole rings is 1. The maximum absolute atomic E-state index is 12.2. The lowest BCUT2D eigenvalue weighted by atomic mass is 9.98. The molecule has 0 saturated carbocycles. The standard InChI is InChI=1S/C16H23N3O2S3/c1-12-15(23-13(2)18-12)11-19-7-3-5-14(10-19)9-17-24(20,21)16-6-4-8-22-16/h4,6,8,14,17H,3,5,7,9-11H2,1-2H3/t14-/m1/s1. The summed E-state index contributed by atoms with van der Waals surface area (Å²) in [6.45, 7) is 7.55. The molecule has 0 unspecified atom stereocenters. The van der Waals surface area contributed by atoms with E-state index < -0.39 is 10.0 Å². The summed E-state index contributed by atoms with van der Waals surface area (Å²) in [5.74, 6) is 0.364. The minimum atomic E-state index is -3.35. The number of nitrogens with zero attached hydrogens (tertiary/aromatic N) is 2. The molecule has 0 aliphatic carbocycles. The Kier molecular flexibility index (Phi) is 5.71. The van der Waals surface area contributed by atoms with Crippen LogP contribution in [-0.4, -0.2) is 37.9 Å². The van der Waals surface area contributed by atoms with E-state index in [1.165, 1.54) is 16.2 Å². The number of hydrogen-bond acceptors (Lipinski definition) is 6. The molecule has 8 heteroatoms. The summed E-state index contributed by atoms with van der Waals surface area (Å²) in [5, 5.41) is 2.90. The number of aromatic nitrogens is 1. The van der Waals surface area contributed by atoms with Crippen LogP contribution in [0.25, 0.3) is 0 Å². The fourth-order valence-corrected chi connectivity index (χ4v) is 6.23. The molecule has 132 valence electrons. The Hall–Kier alpha value is -0.800. The number of thiophene rings is 1. The van der Waals surface area contributed by atoms with Crippen LogP contribution in [0.2, 0.25) is 0 Å². The van der Waals surface area contributed by atoms with Crippen LogP contribution in [0.3, 0.4) is 0 Å². The molecule has 0 bridgehead atoms. The molecule has 1 atom stereocenters. The first-order valence-corrected chi connectivity index (χ1v) is 11.3. The molecule has 24 heavy (non-hydrogen) atoms. The molecule has 1 N–H and O–H groups in total. The van der Waals surface area contributed by atoms with Crippen molar-refractivity contribution < 1.29 is 8.42 Å². The average Bonchev–Trinajstić information content (AvgIpc) is 3.17. The first-order valence-electron chi connectivity index (χ1n) is 8.12. The van der Waals surface area contributed by atoms with Gasteiger partial charge in [0.05, 0.1) is 10.7 Å². The zero-order valence-corrected chi connectivity index (χ0v) is 16.4. The minimum Gasteiger partial charge on any atom is -0.298 e. The van der Waals surface area contributed by atoms with Gasteiger partial charge in [0.15, 0.2) is 0 Å². The highest BCUT2D eigenvalue weighted by molar-refractivity contribution is 7.91. The summed E-state index contributed by atoms with van der Waals surface area (Å²) in [4.78, 5) is 8.24. The van der Waals surface area contributed by atoms with Gasteiger partial charge in [-0.1, -0.05) is 6.07 Å². The second-order valence-corrected chi connectivity index (χ2v) is 10.5. The lowest BCUT2D eigenvalue weighted by Gasteiger charge is -2.32. The summed E-state index contributed by atoms with van der Waals surface area (Å²) >= 11 is 3.02. The normalized spacial score (nSPS) is 19.7. The largest absolute Gasteiger partial charge is 0.298 e. The van der Waals surface area contributed by atoms with Crippen LogP contribution >= 0.6 is 22.7 Å². The zero-order valence-electron chi connectivity index (χ0n) is 14.0. The molecule has 0 amide bonds. The van der Waals surface area contributed by atoms with Gasteiger partial charge in [0.2, 0.25) is 10.0 Å². The van der Waals surface area contributed by atoms with Crippen molar-refractivity contribution in [1.82, 2.24) is 14.6 Å². The Labute approximate surface area is 151 Å². The van der Waals surface area contributed by atoms with Crippen molar-refractivity contribution in [2.45, 2.75) is 37.4 Å². The molecule has 1 aliphatic heterocycles. The number of hydrogen-bond donors (Lipinski definition) is 1. The Morgan fingerprint density at radius 1 is 1.42 bits per heavy atom. The number of aryl methyl sites for hydroxylation is 2. The van der Waals surface area contributed by atoms with Crippen LogP contribution < -0.4 is 4.72 Å². The van der Waals surface area contributed by atoms with Crippen molar-refractivity contribution >= 4 is 32.7 Å². The third-order valence-electron chi connectivity index (χ3n) is 4.29. The van der Waals surface area contributed by atoms with E-state index >= 15 is 0 Å². The molecule has 5 nitrogen and oxygen atoms in total.